The van der Waals surface area contributed by atoms with Crippen molar-refractivity contribution in [2.24, 2.45) is 35.5 Å². The zero-order valence-electron chi connectivity index (χ0n) is 42.6. The molecule has 0 bridgehead atoms. The molecular weight excluding hydrogens is 883 g/mol. The number of methoxy groups -OCH3 is 4. The van der Waals surface area contributed by atoms with Crippen molar-refractivity contribution < 1.29 is 71.7 Å². The maximum Gasteiger partial charge on any atom is 0.410 e. The molecule has 384 valence electrons. The summed E-state index contributed by atoms with van der Waals surface area (Å²) in [5, 5.41) is 14.4. The Bertz CT molecular complexity index is 1820. The number of fused-ring (bicyclic) bond motifs is 2. The van der Waals surface area contributed by atoms with Crippen LogP contribution in [0.5, 0.6) is 0 Å². The Morgan fingerprint density at radius 2 is 1.07 bits per heavy atom. The minimum Gasteiger partial charge on any atom is -0.480 e. The predicted octanol–water partition coefficient (Wildman–Crippen LogP) is 6.31. The summed E-state index contributed by atoms with van der Waals surface area (Å²) in [4.78, 5) is 63.1. The van der Waals surface area contributed by atoms with E-state index in [-0.39, 0.29) is 60.8 Å². The number of likely N-dealkylation sites (tertiary alicyclic amines) is 1. The number of hydrogen-bond acceptors (Lipinski definition) is 14. The van der Waals surface area contributed by atoms with Crippen molar-refractivity contribution in [3.8, 4) is 24.7 Å². The summed E-state index contributed by atoms with van der Waals surface area (Å²) in [6, 6.07) is -1.85. The van der Waals surface area contributed by atoms with Crippen LogP contribution < -0.4 is 10.6 Å². The standard InChI is InChI=1S/C23H35NO6.C15H23NO5.C12H21NO4/c1-7-14-12-16(17-20(14)29-13-23(17,27-5)28-6)19(25)18(15-10-8-9-11-15)24-21(26)30-22(2,3)4;1-7-10-8-16(13(17)21-14(2,3)4)12-11(10)20-9-15(12,18-5)19-6;1-12(2,3)17-11(16)13-9(10(14)15)8-6-4-5-7-8/h1,14-18,20H,8-13H2,2-6H3,(H,24,26);1,10-12H,8-9H2,2-6H3;8-9H,4-7H2,1-3H3,(H,13,16)(H,14,15)/t14-,16?,17+,18+,20-;10-,11-,12+;9-/m110/s1. The van der Waals surface area contributed by atoms with E-state index in [1.807, 2.05) is 20.8 Å². The molecule has 0 aromatic carbocycles. The topological polar surface area (TPSA) is 216 Å². The number of rotatable bonds is 11. The number of alkyl carbamates (subject to hydrolysis) is 2. The summed E-state index contributed by atoms with van der Waals surface area (Å²) < 4.78 is 50.1. The fourth-order valence-corrected chi connectivity index (χ4v) is 10.5. The van der Waals surface area contributed by atoms with Crippen molar-refractivity contribution >= 4 is 30.0 Å². The van der Waals surface area contributed by atoms with Crippen LogP contribution in [0.3, 0.4) is 0 Å². The van der Waals surface area contributed by atoms with E-state index in [9.17, 15) is 24.0 Å². The number of Topliss-reactive ketones (excluding diaryl/α,β-unsaturated/α-hetero) is 1. The van der Waals surface area contributed by atoms with Crippen LogP contribution in [0.2, 0.25) is 0 Å². The van der Waals surface area contributed by atoms with Crippen LogP contribution in [-0.4, -0.2) is 147 Å². The van der Waals surface area contributed by atoms with Gasteiger partial charge in [0.2, 0.25) is 5.79 Å². The number of amides is 3. The zero-order valence-corrected chi connectivity index (χ0v) is 42.6. The van der Waals surface area contributed by atoms with Crippen LogP contribution in [0.15, 0.2) is 0 Å². The largest absolute Gasteiger partial charge is 0.480 e. The molecule has 68 heavy (non-hydrogen) atoms. The third kappa shape index (κ3) is 13.8. The van der Waals surface area contributed by atoms with Gasteiger partial charge in [-0.2, -0.15) is 0 Å². The molecule has 0 radical (unpaired) electrons. The molecule has 6 rings (SSSR count). The van der Waals surface area contributed by atoms with Crippen LogP contribution in [0.4, 0.5) is 14.4 Å². The molecule has 3 aliphatic heterocycles. The molecule has 18 nitrogen and oxygen atoms in total. The van der Waals surface area contributed by atoms with Gasteiger partial charge in [-0.25, -0.2) is 19.2 Å². The summed E-state index contributed by atoms with van der Waals surface area (Å²) in [5.74, 6) is 1.44. The maximum absolute atomic E-state index is 13.9. The summed E-state index contributed by atoms with van der Waals surface area (Å²) in [6.07, 6.45) is 17.3. The van der Waals surface area contributed by atoms with Gasteiger partial charge < -0.3 is 58.4 Å². The second-order valence-corrected chi connectivity index (χ2v) is 21.6. The number of ether oxygens (including phenoxy) is 9. The molecule has 6 fully saturated rings. The SMILES string of the molecule is C#C[C@@H]1CC(C(=O)[C@@H](NC(=O)OC(C)(C)C)C2CCCC2)[C@H]2[C@@H]1OCC2(OC)OC.C#C[C@@H]1CN(C(=O)OC(C)(C)C)[C@H]2[C@@H]1OCC2(OC)OC.CC(C)(C)OC(=O)N[C@H](C(=O)O)C1CCCC1. The Balaban J connectivity index is 0.000000233. The van der Waals surface area contributed by atoms with E-state index < -0.39 is 76.7 Å². The summed E-state index contributed by atoms with van der Waals surface area (Å²) in [5.41, 5.74) is -1.83. The molecule has 3 aliphatic carbocycles. The van der Waals surface area contributed by atoms with Gasteiger partial charge in [-0.15, -0.1) is 18.8 Å². The first-order valence-electron chi connectivity index (χ1n) is 23.8. The van der Waals surface area contributed by atoms with Crippen molar-refractivity contribution in [3.05, 3.63) is 0 Å². The molecule has 6 aliphatic rings. The number of aliphatic carboxylic acids is 1. The summed E-state index contributed by atoms with van der Waals surface area (Å²) in [6.45, 7) is 16.9. The minimum atomic E-state index is -1.01. The predicted molar refractivity (Wildman–Crippen MR) is 249 cm³/mol. The number of hydrogen-bond donors (Lipinski definition) is 3. The Labute approximate surface area is 403 Å². The fraction of sp³-hybridized carbons (Fsp3) is 0.820. The average molecular weight is 962 g/mol. The lowest BCUT2D eigenvalue weighted by Crippen LogP contribution is -2.55. The van der Waals surface area contributed by atoms with E-state index in [1.54, 1.807) is 60.7 Å². The van der Waals surface area contributed by atoms with Gasteiger partial charge in [-0.3, -0.25) is 9.69 Å². The van der Waals surface area contributed by atoms with E-state index >= 15 is 0 Å². The van der Waals surface area contributed by atoms with E-state index in [1.165, 1.54) is 14.2 Å². The minimum absolute atomic E-state index is 0.0236. The first-order chi connectivity index (χ1) is 31.7. The third-order valence-corrected chi connectivity index (χ3v) is 13.5. The number of carbonyl (C=O) groups excluding carboxylic acids is 4. The van der Waals surface area contributed by atoms with Crippen molar-refractivity contribution in [2.45, 2.75) is 179 Å². The zero-order chi connectivity index (χ0) is 51.0. The monoisotopic (exact) mass is 962 g/mol. The van der Waals surface area contributed by atoms with Gasteiger partial charge in [0.05, 0.1) is 30.1 Å². The molecular formula is C50H79N3O15. The van der Waals surface area contributed by atoms with Crippen molar-refractivity contribution in [1.29, 1.82) is 0 Å². The van der Waals surface area contributed by atoms with Crippen molar-refractivity contribution in [3.63, 3.8) is 0 Å². The lowest BCUT2D eigenvalue weighted by molar-refractivity contribution is -0.231. The average Bonchev–Trinajstić information content (AvgIpc) is 4.11. The molecule has 0 aromatic rings. The van der Waals surface area contributed by atoms with E-state index in [4.69, 9.17) is 60.6 Å². The van der Waals surface area contributed by atoms with E-state index in [0.29, 0.717) is 13.0 Å². The van der Waals surface area contributed by atoms with Crippen LogP contribution in [0, 0.1) is 60.2 Å². The molecule has 9 atom stereocenters. The maximum atomic E-state index is 13.9. The quantitative estimate of drug-likeness (QED) is 0.118. The first kappa shape index (κ1) is 56.4. The highest BCUT2D eigenvalue weighted by Crippen LogP contribution is 2.51. The van der Waals surface area contributed by atoms with Gasteiger partial charge in [0.25, 0.3) is 0 Å². The second kappa shape index (κ2) is 23.2. The van der Waals surface area contributed by atoms with E-state index in [0.717, 1.165) is 51.4 Å². The highest BCUT2D eigenvalue weighted by atomic mass is 16.7. The normalized spacial score (nSPS) is 28.2. The smallest absolute Gasteiger partial charge is 0.410 e. The molecule has 3 saturated heterocycles. The molecule has 1 unspecified atom stereocenters. The van der Waals surface area contributed by atoms with Crippen LogP contribution in [0.1, 0.15) is 120 Å². The van der Waals surface area contributed by atoms with Gasteiger partial charge in [0, 0.05) is 46.8 Å². The van der Waals surface area contributed by atoms with Crippen LogP contribution in [-0.2, 0) is 52.2 Å². The second-order valence-electron chi connectivity index (χ2n) is 21.6. The molecule has 0 spiro atoms. The van der Waals surface area contributed by atoms with Crippen molar-refractivity contribution in [1.82, 2.24) is 15.5 Å². The number of ketones is 1. The molecule has 3 heterocycles. The Morgan fingerprint density at radius 1 is 0.647 bits per heavy atom. The highest BCUT2D eigenvalue weighted by Gasteiger charge is 2.64. The third-order valence-electron chi connectivity index (χ3n) is 13.5. The van der Waals surface area contributed by atoms with E-state index in [2.05, 4.69) is 22.5 Å². The lowest BCUT2D eigenvalue weighted by Gasteiger charge is -2.36. The van der Waals surface area contributed by atoms with Gasteiger partial charge in [-0.1, -0.05) is 31.6 Å². The number of terminal acetylenes is 2. The van der Waals surface area contributed by atoms with Crippen LogP contribution >= 0.6 is 0 Å². The number of carboxylic acids is 1. The molecule has 0 aromatic heterocycles. The number of carboxylic acid groups (broad SMARTS) is 1. The Morgan fingerprint density at radius 3 is 1.50 bits per heavy atom. The van der Waals surface area contributed by atoms with Crippen molar-refractivity contribution in [2.75, 3.05) is 48.2 Å². The summed E-state index contributed by atoms with van der Waals surface area (Å²) >= 11 is 0. The van der Waals surface area contributed by atoms with Gasteiger partial charge in [-0.05, 0) is 106 Å². The molecule has 18 heteroatoms. The van der Waals surface area contributed by atoms with Crippen LogP contribution in [0.25, 0.3) is 0 Å². The Hall–Kier alpha value is -4.17. The molecule has 3 saturated carbocycles. The van der Waals surface area contributed by atoms with Gasteiger partial charge in [0.1, 0.15) is 42.1 Å². The molecule has 3 N–H and O–H groups in total. The van der Waals surface area contributed by atoms with Gasteiger partial charge in [0.15, 0.2) is 11.6 Å². The molecule has 3 amide bonds. The number of nitrogens with one attached hydrogen (secondary N) is 2. The fourth-order valence-electron chi connectivity index (χ4n) is 10.5. The highest BCUT2D eigenvalue weighted by molar-refractivity contribution is 5.90. The first-order valence-corrected chi connectivity index (χ1v) is 23.8. The number of carbonyl (C=O) groups is 5. The Kier molecular flexibility index (Phi) is 19.2. The summed E-state index contributed by atoms with van der Waals surface area (Å²) in [7, 11) is 6.19. The number of nitrogens with zero attached hydrogens (tertiary/aromatic N) is 1. The van der Waals surface area contributed by atoms with Gasteiger partial charge >= 0.3 is 24.2 Å². The lowest BCUT2D eigenvalue weighted by atomic mass is 9.80.